The van der Waals surface area contributed by atoms with Crippen molar-refractivity contribution in [2.24, 2.45) is 0 Å². The van der Waals surface area contributed by atoms with Crippen LogP contribution in [0.15, 0.2) is 162 Å². The molecule has 0 N–H and O–H groups in total. The Morgan fingerprint density at radius 3 is 1.47 bits per heavy atom. The fourth-order valence-electron chi connectivity index (χ4n) is 5.57. The number of para-hydroxylation sites is 1. The maximum Gasteiger partial charge on any atom is 0.133 e. The second-order valence-corrected chi connectivity index (χ2v) is 10.9. The predicted molar refractivity (Wildman–Crippen MR) is 181 cm³/mol. The molecule has 0 bridgehead atoms. The van der Waals surface area contributed by atoms with Crippen LogP contribution in [0.25, 0.3) is 33.2 Å². The maximum atomic E-state index is 5.50. The number of aryl methyl sites for hydroxylation is 1. The first-order valence-corrected chi connectivity index (χ1v) is 14.6. The van der Waals surface area contributed by atoms with Crippen LogP contribution < -0.4 is 9.80 Å². The minimum Gasteiger partial charge on any atom is -0.464 e. The lowest BCUT2D eigenvalue weighted by Gasteiger charge is -2.26. The highest BCUT2D eigenvalue weighted by Gasteiger charge is 2.13. The van der Waals surface area contributed by atoms with Crippen molar-refractivity contribution in [2.45, 2.75) is 6.92 Å². The first kappa shape index (κ1) is 26.4. The van der Waals surface area contributed by atoms with Gasteiger partial charge in [0.2, 0.25) is 0 Å². The van der Waals surface area contributed by atoms with E-state index in [1.165, 1.54) is 27.8 Å². The fraction of sp³-hybridized carbons (Fsp3) is 0.0500. The van der Waals surface area contributed by atoms with E-state index in [4.69, 9.17) is 4.42 Å². The van der Waals surface area contributed by atoms with E-state index >= 15 is 0 Å². The molecule has 0 spiro atoms. The van der Waals surface area contributed by atoms with Crippen LogP contribution in [0.3, 0.4) is 0 Å². The first-order chi connectivity index (χ1) is 21.1. The number of furan rings is 1. The molecule has 0 aliphatic rings. The van der Waals surface area contributed by atoms with E-state index in [0.29, 0.717) is 0 Å². The van der Waals surface area contributed by atoms with Gasteiger partial charge in [-0.1, -0.05) is 84.4 Å². The Bertz CT molecular complexity index is 1960. The molecule has 0 aliphatic carbocycles. The van der Waals surface area contributed by atoms with Crippen LogP contribution in [-0.2, 0) is 0 Å². The van der Waals surface area contributed by atoms with Crippen molar-refractivity contribution >= 4 is 39.4 Å². The molecule has 0 unspecified atom stereocenters. The number of benzene rings is 6. The summed E-state index contributed by atoms with van der Waals surface area (Å²) in [5, 5.41) is 1.10. The zero-order chi connectivity index (χ0) is 29.2. The van der Waals surface area contributed by atoms with Crippen LogP contribution in [0, 0.1) is 6.92 Å². The number of rotatable bonds is 7. The summed E-state index contributed by atoms with van der Waals surface area (Å²) in [4.78, 5) is 4.50. The Hall–Kier alpha value is -5.54. The highest BCUT2D eigenvalue weighted by Crippen LogP contribution is 2.37. The fourth-order valence-corrected chi connectivity index (χ4v) is 5.57. The number of hydrogen-bond donors (Lipinski definition) is 0. The molecule has 0 atom stereocenters. The van der Waals surface area contributed by atoms with Crippen LogP contribution in [0.5, 0.6) is 0 Å². The van der Waals surface area contributed by atoms with Crippen LogP contribution in [-0.4, -0.2) is 7.05 Å². The molecule has 3 nitrogen and oxygen atoms in total. The van der Waals surface area contributed by atoms with Crippen molar-refractivity contribution in [3.63, 3.8) is 0 Å². The molecule has 43 heavy (non-hydrogen) atoms. The van der Waals surface area contributed by atoms with Gasteiger partial charge in [-0.3, -0.25) is 0 Å². The molecule has 7 rings (SSSR count). The third-order valence-electron chi connectivity index (χ3n) is 8.06. The third kappa shape index (κ3) is 5.41. The van der Waals surface area contributed by atoms with Crippen LogP contribution >= 0.6 is 0 Å². The van der Waals surface area contributed by atoms with Crippen LogP contribution in [0.1, 0.15) is 5.56 Å². The molecule has 1 heterocycles. The maximum absolute atomic E-state index is 5.50. The van der Waals surface area contributed by atoms with Gasteiger partial charge in [0.1, 0.15) is 5.58 Å². The molecule has 7 aromatic rings. The molecule has 0 saturated heterocycles. The molecular formula is C40H32N2O. The number of fused-ring (bicyclic) bond motifs is 1. The van der Waals surface area contributed by atoms with Crippen molar-refractivity contribution in [2.75, 3.05) is 16.8 Å². The molecule has 0 amide bonds. The second kappa shape index (κ2) is 11.4. The molecule has 0 fully saturated rings. The van der Waals surface area contributed by atoms with Gasteiger partial charge in [0.25, 0.3) is 0 Å². The molecule has 0 aliphatic heterocycles. The third-order valence-corrected chi connectivity index (χ3v) is 8.06. The smallest absolute Gasteiger partial charge is 0.133 e. The van der Waals surface area contributed by atoms with E-state index in [9.17, 15) is 0 Å². The molecular weight excluding hydrogens is 524 g/mol. The van der Waals surface area contributed by atoms with Gasteiger partial charge in [0, 0.05) is 40.9 Å². The van der Waals surface area contributed by atoms with Crippen LogP contribution in [0.4, 0.5) is 28.4 Å². The van der Waals surface area contributed by atoms with Gasteiger partial charge in [-0.25, -0.2) is 0 Å². The topological polar surface area (TPSA) is 19.6 Å². The van der Waals surface area contributed by atoms with Gasteiger partial charge in [-0.15, -0.1) is 0 Å². The number of anilines is 5. The number of hydrogen-bond acceptors (Lipinski definition) is 3. The summed E-state index contributed by atoms with van der Waals surface area (Å²) < 4.78 is 5.50. The van der Waals surface area contributed by atoms with E-state index in [0.717, 1.165) is 39.4 Å². The van der Waals surface area contributed by atoms with E-state index in [1.807, 2.05) is 12.1 Å². The summed E-state index contributed by atoms with van der Waals surface area (Å²) >= 11 is 0. The summed E-state index contributed by atoms with van der Waals surface area (Å²) in [6.07, 6.45) is 1.73. The van der Waals surface area contributed by atoms with Gasteiger partial charge in [0.05, 0.1) is 6.26 Å². The zero-order valence-electron chi connectivity index (χ0n) is 24.3. The van der Waals surface area contributed by atoms with E-state index in [2.05, 4.69) is 163 Å². The highest BCUT2D eigenvalue weighted by molar-refractivity contribution is 5.83. The van der Waals surface area contributed by atoms with E-state index < -0.39 is 0 Å². The Labute approximate surface area is 252 Å². The van der Waals surface area contributed by atoms with Gasteiger partial charge in [-0.05, 0) is 102 Å². The quantitative estimate of drug-likeness (QED) is 0.195. The Kier molecular flexibility index (Phi) is 6.98. The summed E-state index contributed by atoms with van der Waals surface area (Å²) in [5.74, 6) is 0. The Morgan fingerprint density at radius 2 is 0.907 bits per heavy atom. The van der Waals surface area contributed by atoms with Gasteiger partial charge in [0.15, 0.2) is 0 Å². The SMILES string of the molecule is Cc1ccc(-c2ccc(N(c3ccccc3)c3ccc(-c4ccc(N(C)c5ccc6occc6c5)cc4)cc3)cc2)cc1. The molecule has 208 valence electrons. The molecule has 6 aromatic carbocycles. The van der Waals surface area contributed by atoms with Gasteiger partial charge >= 0.3 is 0 Å². The number of nitrogens with zero attached hydrogens (tertiary/aromatic N) is 2. The molecule has 0 radical (unpaired) electrons. The van der Waals surface area contributed by atoms with Crippen molar-refractivity contribution < 1.29 is 4.42 Å². The molecule has 0 saturated carbocycles. The van der Waals surface area contributed by atoms with Gasteiger partial charge in [-0.2, -0.15) is 0 Å². The minimum absolute atomic E-state index is 0.904. The lowest BCUT2D eigenvalue weighted by molar-refractivity contribution is 0.616. The lowest BCUT2D eigenvalue weighted by Crippen LogP contribution is -2.09. The second-order valence-electron chi connectivity index (χ2n) is 10.9. The van der Waals surface area contributed by atoms with Crippen LogP contribution in [0.2, 0.25) is 0 Å². The normalized spacial score (nSPS) is 11.0. The summed E-state index contributed by atoms with van der Waals surface area (Å²) in [5.41, 5.74) is 12.6. The van der Waals surface area contributed by atoms with Gasteiger partial charge < -0.3 is 14.2 Å². The van der Waals surface area contributed by atoms with E-state index in [-0.39, 0.29) is 0 Å². The predicted octanol–water partition coefficient (Wildman–Crippen LogP) is 11.3. The van der Waals surface area contributed by atoms with Crippen molar-refractivity contribution in [3.8, 4) is 22.3 Å². The van der Waals surface area contributed by atoms with E-state index in [1.54, 1.807) is 6.26 Å². The average Bonchev–Trinajstić information content (AvgIpc) is 3.55. The van der Waals surface area contributed by atoms with Crippen molar-refractivity contribution in [1.29, 1.82) is 0 Å². The van der Waals surface area contributed by atoms with Crippen molar-refractivity contribution in [3.05, 3.63) is 163 Å². The Balaban J connectivity index is 1.14. The minimum atomic E-state index is 0.904. The highest BCUT2D eigenvalue weighted by atomic mass is 16.3. The standard InChI is InChI=1S/C40H32N2O/c1-29-8-10-30(11-9-29)32-14-20-37(21-15-32)42(36-6-4-3-5-7-36)38-22-16-33(17-23-38)31-12-18-35(19-13-31)41(2)39-24-25-40-34(28-39)26-27-43-40/h3-28H,1-2H3. The largest absolute Gasteiger partial charge is 0.464 e. The van der Waals surface area contributed by atoms with Crippen molar-refractivity contribution in [1.82, 2.24) is 0 Å². The Morgan fingerprint density at radius 1 is 0.442 bits per heavy atom. The first-order valence-electron chi connectivity index (χ1n) is 14.6. The molecule has 1 aromatic heterocycles. The lowest BCUT2D eigenvalue weighted by atomic mass is 10.0. The summed E-state index contributed by atoms with van der Waals surface area (Å²) in [6, 6.07) is 53.9. The monoisotopic (exact) mass is 556 g/mol. The summed E-state index contributed by atoms with van der Waals surface area (Å²) in [7, 11) is 2.09. The molecule has 3 heteroatoms. The average molecular weight is 557 g/mol. The zero-order valence-corrected chi connectivity index (χ0v) is 24.3. The summed E-state index contributed by atoms with van der Waals surface area (Å²) in [6.45, 7) is 2.12.